The molecule has 0 fully saturated rings. The van der Waals surface area contributed by atoms with Crippen molar-refractivity contribution in [2.24, 2.45) is 0 Å². The minimum Gasteiger partial charge on any atom is -0.398 e. The summed E-state index contributed by atoms with van der Waals surface area (Å²) in [5.41, 5.74) is 7.75. The number of nitrogens with two attached hydrogens (primary N) is 1. The summed E-state index contributed by atoms with van der Waals surface area (Å²) < 4.78 is 0.287. The maximum absolute atomic E-state index is 11.5. The van der Waals surface area contributed by atoms with E-state index in [0.717, 1.165) is 16.0 Å². The lowest BCUT2D eigenvalue weighted by Gasteiger charge is -2.09. The van der Waals surface area contributed by atoms with Gasteiger partial charge in [0.05, 0.1) is 0 Å². The molecule has 1 heterocycles. The van der Waals surface area contributed by atoms with Gasteiger partial charge in [-0.3, -0.25) is 9.78 Å². The fourth-order valence-corrected chi connectivity index (χ4v) is 2.93. The van der Waals surface area contributed by atoms with Crippen molar-refractivity contribution in [3.05, 3.63) is 48.6 Å². The van der Waals surface area contributed by atoms with Gasteiger partial charge in [0.15, 0.2) is 0 Å². The van der Waals surface area contributed by atoms with Crippen LogP contribution >= 0.6 is 27.7 Å². The number of aromatic amines is 2. The second kappa shape index (κ2) is 5.26. The number of hydrogen-bond donors (Lipinski definition) is 3. The Morgan fingerprint density at radius 2 is 1.79 bits per heavy atom. The highest BCUT2D eigenvalue weighted by molar-refractivity contribution is 9.10. The first-order valence-corrected chi connectivity index (χ1v) is 7.06. The molecule has 2 aromatic rings. The van der Waals surface area contributed by atoms with Crippen LogP contribution in [-0.4, -0.2) is 9.97 Å². The lowest BCUT2D eigenvalue weighted by atomic mass is 10.1. The van der Waals surface area contributed by atoms with E-state index in [1.807, 2.05) is 26.0 Å². The van der Waals surface area contributed by atoms with Crippen LogP contribution in [0.15, 0.2) is 36.1 Å². The van der Waals surface area contributed by atoms with Crippen LogP contribution in [0.2, 0.25) is 0 Å². The van der Waals surface area contributed by atoms with E-state index in [1.54, 1.807) is 0 Å². The number of nitrogen functional groups attached to an aromatic ring is 1. The van der Waals surface area contributed by atoms with E-state index in [9.17, 15) is 9.59 Å². The van der Waals surface area contributed by atoms with Crippen molar-refractivity contribution < 1.29 is 0 Å². The largest absolute Gasteiger partial charge is 0.398 e. The normalized spacial score (nSPS) is 10.7. The molecule has 0 saturated heterocycles. The fraction of sp³-hybridized carbons (Fsp3) is 0.167. The Morgan fingerprint density at radius 3 is 2.47 bits per heavy atom. The standard InChI is InChI=1S/C12H12BrN3O2S/c1-5-3-7(14)8(4-6(5)2)19-11-9(13)10(17)15-12(18)16-11/h3-4H,14H2,1-2H3,(H2,15,16,17,18). The Bertz CT molecular complexity index is 752. The molecule has 100 valence electrons. The SMILES string of the molecule is Cc1cc(N)c(Sc2[nH]c(=O)[nH]c(=O)c2Br)cc1C. The molecule has 0 radical (unpaired) electrons. The van der Waals surface area contributed by atoms with Gasteiger partial charge >= 0.3 is 5.69 Å². The van der Waals surface area contributed by atoms with Gasteiger partial charge in [-0.1, -0.05) is 11.8 Å². The van der Waals surface area contributed by atoms with Crippen LogP contribution in [-0.2, 0) is 0 Å². The van der Waals surface area contributed by atoms with E-state index in [1.165, 1.54) is 11.8 Å². The summed E-state index contributed by atoms with van der Waals surface area (Å²) >= 11 is 4.40. The molecule has 4 N–H and O–H groups in total. The first kappa shape index (κ1) is 14.0. The van der Waals surface area contributed by atoms with Gasteiger partial charge in [0.1, 0.15) is 9.50 Å². The van der Waals surface area contributed by atoms with E-state index in [-0.39, 0.29) is 4.47 Å². The Kier molecular flexibility index (Phi) is 3.86. The molecule has 0 aliphatic rings. The summed E-state index contributed by atoms with van der Waals surface area (Å²) in [6.07, 6.45) is 0. The number of nitrogens with one attached hydrogen (secondary N) is 2. The third-order valence-electron chi connectivity index (χ3n) is 2.69. The van der Waals surface area contributed by atoms with Gasteiger partial charge in [0, 0.05) is 10.6 Å². The second-order valence-electron chi connectivity index (χ2n) is 4.13. The van der Waals surface area contributed by atoms with Crippen molar-refractivity contribution in [3.8, 4) is 0 Å². The minimum atomic E-state index is -0.543. The minimum absolute atomic E-state index is 0.287. The molecule has 2 rings (SSSR count). The van der Waals surface area contributed by atoms with E-state index in [2.05, 4.69) is 25.9 Å². The smallest absolute Gasteiger partial charge is 0.326 e. The molecular formula is C12H12BrN3O2S. The molecule has 0 aliphatic heterocycles. The van der Waals surface area contributed by atoms with Crippen molar-refractivity contribution >= 4 is 33.4 Å². The predicted molar refractivity (Wildman–Crippen MR) is 79.8 cm³/mol. The van der Waals surface area contributed by atoms with Gasteiger partial charge in [-0.2, -0.15) is 0 Å². The highest BCUT2D eigenvalue weighted by atomic mass is 79.9. The molecule has 19 heavy (non-hydrogen) atoms. The Hall–Kier alpha value is -1.47. The van der Waals surface area contributed by atoms with Crippen molar-refractivity contribution in [1.82, 2.24) is 9.97 Å². The number of halogens is 1. The second-order valence-corrected chi connectivity index (χ2v) is 5.97. The highest BCUT2D eigenvalue weighted by Crippen LogP contribution is 2.34. The van der Waals surface area contributed by atoms with Crippen LogP contribution in [0.3, 0.4) is 0 Å². The number of rotatable bonds is 2. The average molecular weight is 342 g/mol. The fourth-order valence-electron chi connectivity index (χ4n) is 1.53. The zero-order valence-corrected chi connectivity index (χ0v) is 12.7. The summed E-state index contributed by atoms with van der Waals surface area (Å²) in [5, 5.41) is 0.434. The Labute approximate surface area is 121 Å². The molecule has 0 unspecified atom stereocenters. The van der Waals surface area contributed by atoms with Gasteiger partial charge in [-0.25, -0.2) is 4.79 Å². The van der Waals surface area contributed by atoms with Crippen LogP contribution < -0.4 is 17.0 Å². The Balaban J connectivity index is 2.50. The van der Waals surface area contributed by atoms with Crippen LogP contribution in [0, 0.1) is 13.8 Å². The maximum Gasteiger partial charge on any atom is 0.326 e. The number of hydrogen-bond acceptors (Lipinski definition) is 4. The topological polar surface area (TPSA) is 91.7 Å². The van der Waals surface area contributed by atoms with Gasteiger partial charge in [0.2, 0.25) is 0 Å². The molecule has 0 atom stereocenters. The number of aryl methyl sites for hydroxylation is 2. The molecule has 0 spiro atoms. The number of anilines is 1. The van der Waals surface area contributed by atoms with Gasteiger partial charge in [0.25, 0.3) is 5.56 Å². The first-order valence-electron chi connectivity index (χ1n) is 5.45. The quantitative estimate of drug-likeness (QED) is 0.576. The first-order chi connectivity index (χ1) is 8.88. The van der Waals surface area contributed by atoms with E-state index in [4.69, 9.17) is 5.73 Å². The molecule has 1 aromatic carbocycles. The number of H-pyrrole nitrogens is 2. The number of aromatic nitrogens is 2. The summed E-state index contributed by atoms with van der Waals surface area (Å²) in [7, 11) is 0. The zero-order valence-electron chi connectivity index (χ0n) is 10.3. The summed E-state index contributed by atoms with van der Waals surface area (Å²) in [6, 6.07) is 3.80. The monoisotopic (exact) mass is 341 g/mol. The third-order valence-corrected chi connectivity index (χ3v) is 4.79. The molecule has 0 amide bonds. The molecule has 0 saturated carbocycles. The van der Waals surface area contributed by atoms with Crippen LogP contribution in [0.1, 0.15) is 11.1 Å². The summed E-state index contributed by atoms with van der Waals surface area (Å²) in [5.74, 6) is 0. The number of benzene rings is 1. The average Bonchev–Trinajstić information content (AvgIpc) is 2.32. The summed E-state index contributed by atoms with van der Waals surface area (Å²) in [4.78, 5) is 28.3. The predicted octanol–water partition coefficient (Wildman–Crippen LogP) is 2.18. The summed E-state index contributed by atoms with van der Waals surface area (Å²) in [6.45, 7) is 3.96. The Morgan fingerprint density at radius 1 is 1.16 bits per heavy atom. The molecular weight excluding hydrogens is 330 g/mol. The lowest BCUT2D eigenvalue weighted by molar-refractivity contribution is 0.931. The zero-order chi connectivity index (χ0) is 14.2. The highest BCUT2D eigenvalue weighted by Gasteiger charge is 2.11. The van der Waals surface area contributed by atoms with E-state index in [0.29, 0.717) is 10.7 Å². The van der Waals surface area contributed by atoms with Crippen LogP contribution in [0.4, 0.5) is 5.69 Å². The molecule has 5 nitrogen and oxygen atoms in total. The van der Waals surface area contributed by atoms with Crippen LogP contribution in [0.25, 0.3) is 0 Å². The van der Waals surface area contributed by atoms with Gasteiger partial charge < -0.3 is 10.7 Å². The van der Waals surface area contributed by atoms with Crippen molar-refractivity contribution in [1.29, 1.82) is 0 Å². The van der Waals surface area contributed by atoms with Crippen LogP contribution in [0.5, 0.6) is 0 Å². The van der Waals surface area contributed by atoms with Crippen molar-refractivity contribution in [3.63, 3.8) is 0 Å². The molecule has 0 bridgehead atoms. The lowest BCUT2D eigenvalue weighted by Crippen LogP contribution is -2.23. The maximum atomic E-state index is 11.5. The third kappa shape index (κ3) is 2.93. The van der Waals surface area contributed by atoms with Crippen molar-refractivity contribution in [2.75, 3.05) is 5.73 Å². The van der Waals surface area contributed by atoms with Gasteiger partial charge in [-0.15, -0.1) is 0 Å². The van der Waals surface area contributed by atoms with E-state index < -0.39 is 11.2 Å². The van der Waals surface area contributed by atoms with Gasteiger partial charge in [-0.05, 0) is 53.0 Å². The molecule has 0 aliphatic carbocycles. The molecule has 1 aromatic heterocycles. The van der Waals surface area contributed by atoms with Crippen molar-refractivity contribution in [2.45, 2.75) is 23.8 Å². The van der Waals surface area contributed by atoms with E-state index >= 15 is 0 Å². The molecule has 7 heteroatoms.